The van der Waals surface area contributed by atoms with Gasteiger partial charge in [0.25, 0.3) is 0 Å². The van der Waals surface area contributed by atoms with Gasteiger partial charge in [0.15, 0.2) is 0 Å². The standard InChI is InChI=1S/C8H14O3/c1-6(2)11-8(10)7(3)4-5-9/h4,6,9H,5H2,1-3H3/b7-4+. The predicted octanol–water partition coefficient (Wildman–Crippen LogP) is 0.877. The van der Waals surface area contributed by atoms with Crippen molar-refractivity contribution in [2.45, 2.75) is 26.9 Å². The minimum absolute atomic E-state index is 0.107. The van der Waals surface area contributed by atoms with E-state index in [1.807, 2.05) is 0 Å². The fraction of sp³-hybridized carbons (Fsp3) is 0.625. The lowest BCUT2D eigenvalue weighted by Gasteiger charge is -2.06. The fourth-order valence-corrected chi connectivity index (χ4v) is 0.527. The van der Waals surface area contributed by atoms with Crippen LogP contribution in [0.1, 0.15) is 20.8 Å². The summed E-state index contributed by atoms with van der Waals surface area (Å²) in [6, 6.07) is 0. The molecule has 0 radical (unpaired) electrons. The lowest BCUT2D eigenvalue weighted by atomic mass is 10.3. The van der Waals surface area contributed by atoms with Crippen LogP contribution in [0.2, 0.25) is 0 Å². The van der Waals surface area contributed by atoms with E-state index in [0.29, 0.717) is 5.57 Å². The van der Waals surface area contributed by atoms with Gasteiger partial charge < -0.3 is 9.84 Å². The minimum atomic E-state index is -0.367. The third kappa shape index (κ3) is 4.56. The molecule has 64 valence electrons. The molecule has 0 spiro atoms. The van der Waals surface area contributed by atoms with Gasteiger partial charge in [-0.05, 0) is 26.8 Å². The Kier molecular flexibility index (Phi) is 4.54. The quantitative estimate of drug-likeness (QED) is 0.490. The van der Waals surface area contributed by atoms with Crippen molar-refractivity contribution >= 4 is 5.97 Å². The summed E-state index contributed by atoms with van der Waals surface area (Å²) in [5.74, 6) is -0.367. The first-order chi connectivity index (χ1) is 5.07. The Labute approximate surface area is 66.7 Å². The second kappa shape index (κ2) is 4.91. The van der Waals surface area contributed by atoms with Gasteiger partial charge in [-0.25, -0.2) is 4.79 Å². The van der Waals surface area contributed by atoms with Gasteiger partial charge in [0.2, 0.25) is 0 Å². The monoisotopic (exact) mass is 158 g/mol. The third-order valence-electron chi connectivity index (χ3n) is 1.06. The summed E-state index contributed by atoms with van der Waals surface area (Å²) >= 11 is 0. The van der Waals surface area contributed by atoms with Gasteiger partial charge in [-0.3, -0.25) is 0 Å². The van der Waals surface area contributed by atoms with E-state index in [1.165, 1.54) is 6.08 Å². The smallest absolute Gasteiger partial charge is 0.333 e. The minimum Gasteiger partial charge on any atom is -0.460 e. The summed E-state index contributed by atoms with van der Waals surface area (Å²) in [5.41, 5.74) is 0.446. The van der Waals surface area contributed by atoms with Crippen molar-refractivity contribution in [1.82, 2.24) is 0 Å². The van der Waals surface area contributed by atoms with Crippen molar-refractivity contribution in [2.75, 3.05) is 6.61 Å². The summed E-state index contributed by atoms with van der Waals surface area (Å²) in [6.45, 7) is 5.05. The highest BCUT2D eigenvalue weighted by Gasteiger charge is 2.06. The molecular formula is C8H14O3. The summed E-state index contributed by atoms with van der Waals surface area (Å²) in [4.78, 5) is 10.9. The molecule has 0 aliphatic rings. The van der Waals surface area contributed by atoms with Crippen LogP contribution in [-0.4, -0.2) is 23.8 Å². The highest BCUT2D eigenvalue weighted by molar-refractivity contribution is 5.87. The van der Waals surface area contributed by atoms with Crippen LogP contribution in [0.4, 0.5) is 0 Å². The molecule has 0 atom stereocenters. The number of aliphatic hydroxyl groups is 1. The van der Waals surface area contributed by atoms with Crippen LogP contribution in [0.15, 0.2) is 11.6 Å². The molecule has 11 heavy (non-hydrogen) atoms. The molecule has 0 aliphatic carbocycles. The van der Waals surface area contributed by atoms with Gasteiger partial charge in [0.1, 0.15) is 0 Å². The van der Waals surface area contributed by atoms with Crippen LogP contribution in [0.3, 0.4) is 0 Å². The molecule has 0 saturated heterocycles. The van der Waals surface area contributed by atoms with Crippen LogP contribution in [0.25, 0.3) is 0 Å². The Hall–Kier alpha value is -0.830. The summed E-state index contributed by atoms with van der Waals surface area (Å²) in [6.07, 6.45) is 1.31. The first-order valence-electron chi connectivity index (χ1n) is 3.56. The average molecular weight is 158 g/mol. The largest absolute Gasteiger partial charge is 0.460 e. The van der Waals surface area contributed by atoms with Crippen LogP contribution in [-0.2, 0) is 9.53 Å². The van der Waals surface area contributed by atoms with Gasteiger partial charge in [-0.2, -0.15) is 0 Å². The molecule has 1 N–H and O–H groups in total. The van der Waals surface area contributed by atoms with Crippen molar-refractivity contribution in [1.29, 1.82) is 0 Å². The van der Waals surface area contributed by atoms with Gasteiger partial charge in [-0.1, -0.05) is 0 Å². The molecule has 0 saturated carbocycles. The van der Waals surface area contributed by atoms with Crippen molar-refractivity contribution < 1.29 is 14.6 Å². The molecule has 0 amide bonds. The van der Waals surface area contributed by atoms with Crippen LogP contribution in [0.5, 0.6) is 0 Å². The molecule has 0 aromatic rings. The SMILES string of the molecule is C/C(=C\CO)C(=O)OC(C)C. The van der Waals surface area contributed by atoms with E-state index < -0.39 is 0 Å². The number of ether oxygens (including phenoxy) is 1. The second-order valence-electron chi connectivity index (χ2n) is 2.52. The van der Waals surface area contributed by atoms with Gasteiger partial charge in [0, 0.05) is 5.57 Å². The number of carbonyl (C=O) groups is 1. The topological polar surface area (TPSA) is 46.5 Å². The maximum absolute atomic E-state index is 10.9. The first kappa shape index (κ1) is 10.2. The molecule has 0 aliphatic heterocycles. The zero-order chi connectivity index (χ0) is 8.85. The lowest BCUT2D eigenvalue weighted by molar-refractivity contribution is -0.142. The van der Waals surface area contributed by atoms with E-state index in [1.54, 1.807) is 20.8 Å². The molecule has 0 aromatic carbocycles. The van der Waals surface area contributed by atoms with E-state index in [2.05, 4.69) is 0 Å². The van der Waals surface area contributed by atoms with E-state index in [-0.39, 0.29) is 18.7 Å². The highest BCUT2D eigenvalue weighted by Crippen LogP contribution is 1.98. The normalized spacial score (nSPS) is 11.9. The van der Waals surface area contributed by atoms with E-state index in [9.17, 15) is 4.79 Å². The van der Waals surface area contributed by atoms with Crippen LogP contribution >= 0.6 is 0 Å². The van der Waals surface area contributed by atoms with Crippen molar-refractivity contribution in [3.8, 4) is 0 Å². The molecule has 0 heterocycles. The fourth-order valence-electron chi connectivity index (χ4n) is 0.527. The van der Waals surface area contributed by atoms with E-state index in [0.717, 1.165) is 0 Å². The molecule has 0 bridgehead atoms. The molecular weight excluding hydrogens is 144 g/mol. The summed E-state index contributed by atoms with van der Waals surface area (Å²) in [7, 11) is 0. The Balaban J connectivity index is 3.93. The Bertz CT molecular complexity index is 159. The van der Waals surface area contributed by atoms with Gasteiger partial charge in [-0.15, -0.1) is 0 Å². The highest BCUT2D eigenvalue weighted by atomic mass is 16.5. The molecule has 0 unspecified atom stereocenters. The Morgan fingerprint density at radius 1 is 1.64 bits per heavy atom. The van der Waals surface area contributed by atoms with Gasteiger partial charge in [0.05, 0.1) is 12.7 Å². The predicted molar refractivity (Wildman–Crippen MR) is 42.1 cm³/mol. The lowest BCUT2D eigenvalue weighted by Crippen LogP contribution is -2.12. The zero-order valence-corrected chi connectivity index (χ0v) is 7.13. The van der Waals surface area contributed by atoms with E-state index >= 15 is 0 Å². The number of hydrogen-bond acceptors (Lipinski definition) is 3. The number of rotatable bonds is 3. The number of esters is 1. The number of hydrogen-bond donors (Lipinski definition) is 1. The van der Waals surface area contributed by atoms with Crippen molar-refractivity contribution in [3.05, 3.63) is 11.6 Å². The number of aliphatic hydroxyl groups excluding tert-OH is 1. The third-order valence-corrected chi connectivity index (χ3v) is 1.06. The maximum atomic E-state index is 10.9. The molecule has 0 aromatic heterocycles. The van der Waals surface area contributed by atoms with Crippen LogP contribution < -0.4 is 0 Å². The Morgan fingerprint density at radius 2 is 2.18 bits per heavy atom. The Morgan fingerprint density at radius 3 is 2.55 bits per heavy atom. The summed E-state index contributed by atoms with van der Waals surface area (Å²) in [5, 5.41) is 8.44. The zero-order valence-electron chi connectivity index (χ0n) is 7.13. The molecule has 3 heteroatoms. The molecule has 0 rings (SSSR count). The van der Waals surface area contributed by atoms with Gasteiger partial charge >= 0.3 is 5.97 Å². The average Bonchev–Trinajstić information content (AvgIpc) is 1.86. The summed E-state index contributed by atoms with van der Waals surface area (Å²) < 4.78 is 4.85. The maximum Gasteiger partial charge on any atom is 0.333 e. The molecule has 3 nitrogen and oxygen atoms in total. The van der Waals surface area contributed by atoms with E-state index in [4.69, 9.17) is 9.84 Å². The number of carbonyl (C=O) groups excluding carboxylic acids is 1. The first-order valence-corrected chi connectivity index (χ1v) is 3.56. The van der Waals surface area contributed by atoms with Crippen molar-refractivity contribution in [3.63, 3.8) is 0 Å². The van der Waals surface area contributed by atoms with Crippen molar-refractivity contribution in [2.24, 2.45) is 0 Å². The second-order valence-corrected chi connectivity index (χ2v) is 2.52. The molecule has 0 fully saturated rings. The van der Waals surface area contributed by atoms with Crippen LogP contribution in [0, 0.1) is 0 Å².